The first-order chi connectivity index (χ1) is 16.4. The summed E-state index contributed by atoms with van der Waals surface area (Å²) in [6, 6.07) is 18.4. The standard InChI is InChI=1S/C26H27N3O3S2/c1-3-20-8-6-10-23-25(20)28-26(33-23)29(18-21-9-4-5-16-27-21)24(30)11-7-17-34(31,32)22-14-12-19(2)13-15-22/h4-6,8-10,12-16H,3,7,11,17-18H2,1-2H3. The summed E-state index contributed by atoms with van der Waals surface area (Å²) in [5.74, 6) is -0.249. The van der Waals surface area contributed by atoms with E-state index in [1.54, 1.807) is 35.4 Å². The van der Waals surface area contributed by atoms with Crippen molar-refractivity contribution in [1.82, 2.24) is 9.97 Å². The third kappa shape index (κ3) is 5.51. The van der Waals surface area contributed by atoms with Crippen LogP contribution < -0.4 is 4.90 Å². The summed E-state index contributed by atoms with van der Waals surface area (Å²) >= 11 is 1.47. The van der Waals surface area contributed by atoms with Gasteiger partial charge in [-0.2, -0.15) is 0 Å². The lowest BCUT2D eigenvalue weighted by atomic mass is 10.1. The zero-order chi connectivity index (χ0) is 24.1. The minimum atomic E-state index is -3.45. The van der Waals surface area contributed by atoms with Crippen molar-refractivity contribution in [2.75, 3.05) is 10.7 Å². The van der Waals surface area contributed by atoms with E-state index >= 15 is 0 Å². The highest BCUT2D eigenvalue weighted by Crippen LogP contribution is 2.32. The Morgan fingerprint density at radius 2 is 1.82 bits per heavy atom. The number of hydrogen-bond donors (Lipinski definition) is 0. The maximum Gasteiger partial charge on any atom is 0.229 e. The Kier molecular flexibility index (Phi) is 7.38. The number of carbonyl (C=O) groups excluding carboxylic acids is 1. The molecule has 0 aliphatic rings. The van der Waals surface area contributed by atoms with Gasteiger partial charge in [0.05, 0.1) is 33.1 Å². The van der Waals surface area contributed by atoms with Gasteiger partial charge in [-0.3, -0.25) is 14.7 Å². The fourth-order valence-corrected chi connectivity index (χ4v) is 6.06. The van der Waals surface area contributed by atoms with Crippen LogP contribution in [-0.4, -0.2) is 30.0 Å². The molecule has 176 valence electrons. The second-order valence-corrected chi connectivity index (χ2v) is 11.3. The first kappa shape index (κ1) is 24.0. The normalized spacial score (nSPS) is 11.6. The number of aryl methyl sites for hydroxylation is 2. The molecule has 0 radical (unpaired) electrons. The fourth-order valence-electron chi connectivity index (χ4n) is 3.72. The average molecular weight is 494 g/mol. The van der Waals surface area contributed by atoms with Gasteiger partial charge in [-0.05, 0) is 55.7 Å². The van der Waals surface area contributed by atoms with Crippen LogP contribution in [0, 0.1) is 6.92 Å². The van der Waals surface area contributed by atoms with Gasteiger partial charge in [0.15, 0.2) is 15.0 Å². The van der Waals surface area contributed by atoms with E-state index in [0.717, 1.165) is 33.5 Å². The molecule has 4 rings (SSSR count). The van der Waals surface area contributed by atoms with Crippen molar-refractivity contribution in [2.45, 2.75) is 44.6 Å². The largest absolute Gasteiger partial charge is 0.282 e. The molecule has 0 saturated heterocycles. The van der Waals surface area contributed by atoms with Gasteiger partial charge in [0.25, 0.3) is 0 Å². The molecule has 8 heteroatoms. The van der Waals surface area contributed by atoms with Crippen LogP contribution in [0.15, 0.2) is 71.8 Å². The number of thiazole rings is 1. The van der Waals surface area contributed by atoms with Crippen LogP contribution in [0.2, 0.25) is 0 Å². The van der Waals surface area contributed by atoms with Crippen molar-refractivity contribution in [3.63, 3.8) is 0 Å². The van der Waals surface area contributed by atoms with Crippen molar-refractivity contribution >= 4 is 42.4 Å². The van der Waals surface area contributed by atoms with Gasteiger partial charge in [-0.15, -0.1) is 0 Å². The number of aromatic nitrogens is 2. The van der Waals surface area contributed by atoms with E-state index < -0.39 is 9.84 Å². The minimum absolute atomic E-state index is 0.0843. The Morgan fingerprint density at radius 1 is 1.03 bits per heavy atom. The Hall–Kier alpha value is -3.10. The molecule has 0 spiro atoms. The Labute approximate surface area is 204 Å². The van der Waals surface area contributed by atoms with Gasteiger partial charge in [0.2, 0.25) is 5.91 Å². The second kappa shape index (κ2) is 10.4. The van der Waals surface area contributed by atoms with Gasteiger partial charge >= 0.3 is 0 Å². The molecule has 34 heavy (non-hydrogen) atoms. The van der Waals surface area contributed by atoms with E-state index in [9.17, 15) is 13.2 Å². The first-order valence-corrected chi connectivity index (χ1v) is 13.7. The number of anilines is 1. The van der Waals surface area contributed by atoms with Crippen LogP contribution in [0.5, 0.6) is 0 Å². The van der Waals surface area contributed by atoms with E-state index in [4.69, 9.17) is 4.98 Å². The molecule has 0 aliphatic carbocycles. The van der Waals surface area contributed by atoms with E-state index in [0.29, 0.717) is 5.13 Å². The number of hydrogen-bond acceptors (Lipinski definition) is 6. The zero-order valence-corrected chi connectivity index (χ0v) is 20.9. The van der Waals surface area contributed by atoms with Crippen LogP contribution in [0.4, 0.5) is 5.13 Å². The summed E-state index contributed by atoms with van der Waals surface area (Å²) in [7, 11) is -3.45. The monoisotopic (exact) mass is 493 g/mol. The van der Waals surface area contributed by atoms with Crippen molar-refractivity contribution in [2.24, 2.45) is 0 Å². The zero-order valence-electron chi connectivity index (χ0n) is 19.3. The number of para-hydroxylation sites is 1. The second-order valence-electron chi connectivity index (χ2n) is 8.15. The maximum absolute atomic E-state index is 13.3. The number of sulfone groups is 1. The molecular weight excluding hydrogens is 466 g/mol. The lowest BCUT2D eigenvalue weighted by Gasteiger charge is -2.19. The molecule has 0 aliphatic heterocycles. The molecule has 2 heterocycles. The SMILES string of the molecule is CCc1cccc2sc(N(Cc3ccccn3)C(=O)CCCS(=O)(=O)c3ccc(C)cc3)nc12. The first-order valence-electron chi connectivity index (χ1n) is 11.3. The lowest BCUT2D eigenvalue weighted by molar-refractivity contribution is -0.118. The minimum Gasteiger partial charge on any atom is -0.282 e. The number of benzene rings is 2. The third-order valence-electron chi connectivity index (χ3n) is 5.63. The summed E-state index contributed by atoms with van der Waals surface area (Å²) in [6.45, 7) is 4.28. The molecule has 0 N–H and O–H groups in total. The number of pyridine rings is 1. The quantitative estimate of drug-likeness (QED) is 0.314. The third-order valence-corrected chi connectivity index (χ3v) is 8.49. The van der Waals surface area contributed by atoms with E-state index in [1.807, 2.05) is 43.3 Å². The summed E-state index contributed by atoms with van der Waals surface area (Å²) in [6.07, 6.45) is 2.89. The number of fused-ring (bicyclic) bond motifs is 1. The van der Waals surface area contributed by atoms with Crippen LogP contribution in [0.1, 0.15) is 36.6 Å². The number of amides is 1. The van der Waals surface area contributed by atoms with Crippen LogP contribution >= 0.6 is 11.3 Å². The molecule has 0 saturated carbocycles. The van der Waals surface area contributed by atoms with Gasteiger partial charge in [-0.25, -0.2) is 13.4 Å². The van der Waals surface area contributed by atoms with Crippen molar-refractivity contribution in [3.8, 4) is 0 Å². The van der Waals surface area contributed by atoms with Crippen LogP contribution in [0.3, 0.4) is 0 Å². The highest BCUT2D eigenvalue weighted by molar-refractivity contribution is 7.91. The molecule has 0 fully saturated rings. The lowest BCUT2D eigenvalue weighted by Crippen LogP contribution is -2.30. The number of nitrogens with zero attached hydrogens (tertiary/aromatic N) is 3. The van der Waals surface area contributed by atoms with E-state index in [2.05, 4.69) is 11.9 Å². The Bertz CT molecular complexity index is 1380. The van der Waals surface area contributed by atoms with E-state index in [1.165, 1.54) is 11.3 Å². The molecule has 2 aromatic heterocycles. The van der Waals surface area contributed by atoms with Crippen molar-refractivity contribution in [3.05, 3.63) is 83.7 Å². The van der Waals surface area contributed by atoms with Gasteiger partial charge in [0.1, 0.15) is 0 Å². The topological polar surface area (TPSA) is 80.2 Å². The fraction of sp³-hybridized carbons (Fsp3) is 0.269. The molecule has 0 bridgehead atoms. The highest BCUT2D eigenvalue weighted by atomic mass is 32.2. The molecule has 1 amide bonds. The molecule has 6 nitrogen and oxygen atoms in total. The molecular formula is C26H27N3O3S2. The van der Waals surface area contributed by atoms with Crippen molar-refractivity contribution in [1.29, 1.82) is 0 Å². The number of carbonyl (C=O) groups is 1. The summed E-state index contributed by atoms with van der Waals surface area (Å²) in [5, 5.41) is 0.605. The predicted octanol–water partition coefficient (Wildman–Crippen LogP) is 5.35. The molecule has 2 aromatic carbocycles. The molecule has 4 aromatic rings. The predicted molar refractivity (Wildman–Crippen MR) is 137 cm³/mol. The number of rotatable bonds is 9. The van der Waals surface area contributed by atoms with Crippen LogP contribution in [0.25, 0.3) is 10.2 Å². The Balaban J connectivity index is 1.54. The van der Waals surface area contributed by atoms with E-state index in [-0.39, 0.29) is 35.9 Å². The van der Waals surface area contributed by atoms with Gasteiger partial charge in [-0.1, -0.05) is 54.2 Å². The van der Waals surface area contributed by atoms with Gasteiger partial charge < -0.3 is 0 Å². The average Bonchev–Trinajstić information content (AvgIpc) is 3.27. The highest BCUT2D eigenvalue weighted by Gasteiger charge is 2.22. The summed E-state index contributed by atoms with van der Waals surface area (Å²) in [5.41, 5.74) is 3.79. The van der Waals surface area contributed by atoms with Gasteiger partial charge in [0, 0.05) is 12.6 Å². The summed E-state index contributed by atoms with van der Waals surface area (Å²) in [4.78, 5) is 24.4. The maximum atomic E-state index is 13.3. The molecule has 0 atom stereocenters. The smallest absolute Gasteiger partial charge is 0.229 e. The Morgan fingerprint density at radius 3 is 2.53 bits per heavy atom. The van der Waals surface area contributed by atoms with Crippen molar-refractivity contribution < 1.29 is 13.2 Å². The summed E-state index contributed by atoms with van der Waals surface area (Å²) < 4.78 is 26.4. The van der Waals surface area contributed by atoms with Crippen LogP contribution in [-0.2, 0) is 27.6 Å². The molecule has 0 unspecified atom stereocenters.